The lowest BCUT2D eigenvalue weighted by atomic mass is 10.1. The van der Waals surface area contributed by atoms with Crippen LogP contribution in [0.25, 0.3) is 28.1 Å². The number of rotatable bonds is 3. The highest BCUT2D eigenvalue weighted by atomic mass is 19.1. The average molecular weight is 425 g/mol. The molecule has 10 heteroatoms. The number of imidazole rings is 1. The summed E-state index contributed by atoms with van der Waals surface area (Å²) in [6.45, 7) is 3.04. The molecule has 6 rings (SSSR count). The molecule has 9 nitrogen and oxygen atoms in total. The maximum Gasteiger partial charge on any atom is 0.280 e. The van der Waals surface area contributed by atoms with Gasteiger partial charge < -0.3 is 14.0 Å². The summed E-state index contributed by atoms with van der Waals surface area (Å²) >= 11 is 0. The first kappa shape index (κ1) is 18.6. The van der Waals surface area contributed by atoms with Gasteiger partial charge in [-0.1, -0.05) is 5.16 Å². The van der Waals surface area contributed by atoms with Crippen molar-refractivity contribution >= 4 is 16.6 Å². The smallest absolute Gasteiger partial charge is 0.280 e. The Bertz CT molecular complexity index is 1360. The first-order valence-electron chi connectivity index (χ1n) is 10.4. The third-order valence-corrected chi connectivity index (χ3v) is 6.14. The van der Waals surface area contributed by atoms with E-state index in [1.165, 1.54) is 23.0 Å². The van der Waals surface area contributed by atoms with Crippen LogP contribution in [0.1, 0.15) is 44.6 Å². The van der Waals surface area contributed by atoms with Crippen molar-refractivity contribution in [1.82, 2.24) is 24.1 Å². The van der Waals surface area contributed by atoms with Crippen molar-refractivity contribution in [2.24, 2.45) is 0 Å². The summed E-state index contributed by atoms with van der Waals surface area (Å²) in [7, 11) is 0. The fraction of sp³-hybridized carbons (Fsp3) is 0.429. The van der Waals surface area contributed by atoms with Crippen molar-refractivity contribution in [3.8, 4) is 11.5 Å². The molecule has 0 radical (unpaired) electrons. The van der Waals surface area contributed by atoms with Gasteiger partial charge in [-0.05, 0) is 50.8 Å². The summed E-state index contributed by atoms with van der Waals surface area (Å²) in [5.41, 5.74) is 0.439. The van der Waals surface area contributed by atoms with Gasteiger partial charge in [-0.3, -0.25) is 13.8 Å². The molecule has 3 aromatic heterocycles. The molecule has 2 unspecified atom stereocenters. The van der Waals surface area contributed by atoms with E-state index in [0.717, 1.165) is 19.3 Å². The Balaban J connectivity index is 1.62. The van der Waals surface area contributed by atoms with E-state index in [4.69, 9.17) is 14.0 Å². The van der Waals surface area contributed by atoms with Crippen LogP contribution in [0, 0.1) is 5.82 Å². The fourth-order valence-electron chi connectivity index (χ4n) is 4.64. The van der Waals surface area contributed by atoms with Crippen LogP contribution in [0.5, 0.6) is 0 Å². The van der Waals surface area contributed by atoms with Crippen molar-refractivity contribution in [3.63, 3.8) is 0 Å². The number of ether oxygens (including phenoxy) is 2. The molecule has 2 aliphatic heterocycles. The molecule has 2 atom stereocenters. The highest BCUT2D eigenvalue weighted by molar-refractivity contribution is 5.83. The predicted octanol–water partition coefficient (Wildman–Crippen LogP) is 3.17. The molecule has 0 aliphatic carbocycles. The number of hydrogen-bond donors (Lipinski definition) is 0. The van der Waals surface area contributed by atoms with E-state index >= 15 is 0 Å². The second-order valence-corrected chi connectivity index (χ2v) is 8.17. The Kier molecular flexibility index (Phi) is 4.03. The number of hydrogen-bond acceptors (Lipinski definition) is 7. The topological polar surface area (TPSA) is 96.7 Å². The van der Waals surface area contributed by atoms with Gasteiger partial charge in [-0.15, -0.1) is 0 Å². The molecular formula is C21H20FN5O4. The molecule has 0 amide bonds. The first-order chi connectivity index (χ1) is 15.0. The number of fused-ring (bicyclic) bond motifs is 3. The lowest BCUT2D eigenvalue weighted by Crippen LogP contribution is -2.39. The van der Waals surface area contributed by atoms with E-state index in [9.17, 15) is 9.18 Å². The highest BCUT2D eigenvalue weighted by Crippen LogP contribution is 2.34. The molecule has 1 aromatic carbocycles. The zero-order valence-electron chi connectivity index (χ0n) is 16.9. The second kappa shape index (κ2) is 6.69. The Labute approximate surface area is 175 Å². The molecule has 5 heterocycles. The quantitative estimate of drug-likeness (QED) is 0.497. The van der Waals surface area contributed by atoms with Gasteiger partial charge >= 0.3 is 0 Å². The van der Waals surface area contributed by atoms with Gasteiger partial charge in [0.25, 0.3) is 11.4 Å². The van der Waals surface area contributed by atoms with Crippen LogP contribution in [0.15, 0.2) is 33.8 Å². The molecule has 0 N–H and O–H groups in total. The minimum atomic E-state index is -0.882. The van der Waals surface area contributed by atoms with Crippen molar-refractivity contribution in [2.45, 2.75) is 44.4 Å². The van der Waals surface area contributed by atoms with Gasteiger partial charge in [0.05, 0.1) is 11.0 Å². The summed E-state index contributed by atoms with van der Waals surface area (Å²) in [4.78, 5) is 22.6. The lowest BCUT2D eigenvalue weighted by molar-refractivity contribution is -0.0447. The van der Waals surface area contributed by atoms with E-state index in [0.29, 0.717) is 42.3 Å². The van der Waals surface area contributed by atoms with Gasteiger partial charge in [-0.25, -0.2) is 9.37 Å². The van der Waals surface area contributed by atoms with E-state index < -0.39 is 11.5 Å². The molecule has 4 aromatic rings. The number of benzene rings is 1. The minimum absolute atomic E-state index is 0.218. The molecule has 2 aliphatic rings. The van der Waals surface area contributed by atoms with Crippen LogP contribution in [-0.4, -0.2) is 37.3 Å². The van der Waals surface area contributed by atoms with Gasteiger partial charge in [-0.2, -0.15) is 4.98 Å². The molecule has 0 saturated carbocycles. The standard InChI is InChI=1S/C21H20FN5O4/c1-21(7-3-9-30-21)27-14-10-12(22)5-6-13(14)26-11-23-16(17(26)20(27)28)18-24-19(31-25-18)15-4-2-8-29-15/h5-6,10-11,15H,2-4,7-9H2,1H3. The fourth-order valence-corrected chi connectivity index (χ4v) is 4.64. The monoisotopic (exact) mass is 425 g/mol. The molecule has 2 fully saturated rings. The summed E-state index contributed by atoms with van der Waals surface area (Å²) in [5, 5.41) is 4.05. The normalized spacial score (nSPS) is 24.0. The Morgan fingerprint density at radius 2 is 2.13 bits per heavy atom. The van der Waals surface area contributed by atoms with Crippen molar-refractivity contribution < 1.29 is 18.4 Å². The Morgan fingerprint density at radius 1 is 1.23 bits per heavy atom. The molecule has 0 bridgehead atoms. The Morgan fingerprint density at radius 3 is 2.90 bits per heavy atom. The van der Waals surface area contributed by atoms with Crippen LogP contribution >= 0.6 is 0 Å². The van der Waals surface area contributed by atoms with E-state index in [-0.39, 0.29) is 23.0 Å². The second-order valence-electron chi connectivity index (χ2n) is 8.17. The number of halogens is 1. The molecule has 0 spiro atoms. The number of nitrogens with zero attached hydrogens (tertiary/aromatic N) is 5. The zero-order chi connectivity index (χ0) is 21.2. The lowest BCUT2D eigenvalue weighted by Gasteiger charge is -2.28. The molecule has 160 valence electrons. The Hall–Kier alpha value is -3.11. The van der Waals surface area contributed by atoms with Gasteiger partial charge in [0, 0.05) is 13.2 Å². The van der Waals surface area contributed by atoms with Gasteiger partial charge in [0.2, 0.25) is 5.82 Å². The van der Waals surface area contributed by atoms with Crippen LogP contribution in [-0.2, 0) is 15.2 Å². The van der Waals surface area contributed by atoms with Crippen LogP contribution in [0.2, 0.25) is 0 Å². The average Bonchev–Trinajstić information content (AvgIpc) is 3.53. The maximum absolute atomic E-state index is 14.2. The van der Waals surface area contributed by atoms with Crippen LogP contribution in [0.4, 0.5) is 4.39 Å². The largest absolute Gasteiger partial charge is 0.368 e. The summed E-state index contributed by atoms with van der Waals surface area (Å²) in [6, 6.07) is 4.34. The zero-order valence-corrected chi connectivity index (χ0v) is 16.9. The molecule has 31 heavy (non-hydrogen) atoms. The summed E-state index contributed by atoms with van der Waals surface area (Å²) in [6.07, 6.45) is 4.49. The molecular weight excluding hydrogens is 405 g/mol. The van der Waals surface area contributed by atoms with Crippen molar-refractivity contribution in [3.05, 3.63) is 46.6 Å². The highest BCUT2D eigenvalue weighted by Gasteiger charge is 2.36. The number of aromatic nitrogens is 5. The predicted molar refractivity (Wildman–Crippen MR) is 107 cm³/mol. The van der Waals surface area contributed by atoms with Gasteiger partial charge in [0.15, 0.2) is 0 Å². The van der Waals surface area contributed by atoms with E-state index in [1.807, 2.05) is 6.92 Å². The maximum atomic E-state index is 14.2. The van der Waals surface area contributed by atoms with Crippen LogP contribution < -0.4 is 5.56 Å². The van der Waals surface area contributed by atoms with E-state index in [2.05, 4.69) is 15.1 Å². The summed E-state index contributed by atoms with van der Waals surface area (Å²) in [5.74, 6) is 0.167. The van der Waals surface area contributed by atoms with Crippen molar-refractivity contribution in [1.29, 1.82) is 0 Å². The molecule has 2 saturated heterocycles. The minimum Gasteiger partial charge on any atom is -0.368 e. The van der Waals surface area contributed by atoms with Gasteiger partial charge in [0.1, 0.15) is 35.2 Å². The van der Waals surface area contributed by atoms with E-state index in [1.54, 1.807) is 10.5 Å². The SMILES string of the molecule is CC1(n2c(=O)c3c(-c4noc(C5CCCO5)n4)ncn3c3ccc(F)cc32)CCCO1. The summed E-state index contributed by atoms with van der Waals surface area (Å²) < 4.78 is 34.3. The third-order valence-electron chi connectivity index (χ3n) is 6.14. The third kappa shape index (κ3) is 2.75. The first-order valence-corrected chi connectivity index (χ1v) is 10.4. The van der Waals surface area contributed by atoms with Crippen LogP contribution in [0.3, 0.4) is 0 Å². The van der Waals surface area contributed by atoms with Crippen molar-refractivity contribution in [2.75, 3.05) is 13.2 Å².